The number of rotatable bonds is 7. The minimum absolute atomic E-state index is 0.00455. The maximum absolute atomic E-state index is 12.0. The van der Waals surface area contributed by atoms with Crippen molar-refractivity contribution in [3.63, 3.8) is 0 Å². The smallest absolute Gasteiger partial charge is 0.269 e. The van der Waals surface area contributed by atoms with Crippen molar-refractivity contribution in [3.8, 4) is 17.3 Å². The number of hydrogen-bond donors (Lipinski definition) is 0. The van der Waals surface area contributed by atoms with Gasteiger partial charge < -0.3 is 9.47 Å². The van der Waals surface area contributed by atoms with Gasteiger partial charge >= 0.3 is 0 Å². The fourth-order valence-electron chi connectivity index (χ4n) is 2.24. The van der Waals surface area contributed by atoms with Crippen molar-refractivity contribution in [2.45, 2.75) is 11.6 Å². The van der Waals surface area contributed by atoms with Crippen molar-refractivity contribution < 1.29 is 22.8 Å². The quantitative estimate of drug-likeness (QED) is 0.310. The second-order valence-corrected chi connectivity index (χ2v) is 7.22. The minimum atomic E-state index is -3.75. The van der Waals surface area contributed by atoms with E-state index < -0.39 is 14.8 Å². The van der Waals surface area contributed by atoms with E-state index in [-0.39, 0.29) is 35.4 Å². The van der Waals surface area contributed by atoms with Gasteiger partial charge in [0.15, 0.2) is 14.9 Å². The highest BCUT2D eigenvalue weighted by Crippen LogP contribution is 2.28. The molecule has 26 heavy (non-hydrogen) atoms. The number of nitro groups is 1. The fourth-order valence-corrected chi connectivity index (χ4v) is 3.00. The molecule has 2 aromatic rings. The van der Waals surface area contributed by atoms with E-state index in [9.17, 15) is 23.8 Å². The van der Waals surface area contributed by atoms with Gasteiger partial charge in [0, 0.05) is 36.6 Å². The van der Waals surface area contributed by atoms with Gasteiger partial charge in [-0.1, -0.05) is 0 Å². The predicted octanol–water partition coefficient (Wildman–Crippen LogP) is 2.05. The molecule has 0 aliphatic carbocycles. The van der Waals surface area contributed by atoms with Gasteiger partial charge in [-0.05, 0) is 18.2 Å². The van der Waals surface area contributed by atoms with E-state index in [1.54, 1.807) is 0 Å². The van der Waals surface area contributed by atoms with Gasteiger partial charge in [-0.2, -0.15) is 5.26 Å². The van der Waals surface area contributed by atoms with Gasteiger partial charge in [-0.25, -0.2) is 13.4 Å². The molecule has 10 heteroatoms. The Hall–Kier alpha value is -2.87. The summed E-state index contributed by atoms with van der Waals surface area (Å²) < 4.78 is 34.0. The lowest BCUT2D eigenvalue weighted by Gasteiger charge is -2.12. The number of nitrogens with zero attached hydrogens (tertiary/aromatic N) is 3. The number of aromatic nitrogens is 1. The number of benzene rings is 1. The van der Waals surface area contributed by atoms with Gasteiger partial charge in [-0.3, -0.25) is 10.1 Å². The van der Waals surface area contributed by atoms with E-state index in [2.05, 4.69) is 4.98 Å². The summed E-state index contributed by atoms with van der Waals surface area (Å²) in [5.41, 5.74) is 0.966. The Kier molecular flexibility index (Phi) is 5.99. The number of hydrogen-bond acceptors (Lipinski definition) is 8. The number of pyridine rings is 1. The summed E-state index contributed by atoms with van der Waals surface area (Å²) in [4.78, 5) is 14.4. The predicted molar refractivity (Wildman–Crippen MR) is 90.8 cm³/mol. The van der Waals surface area contributed by atoms with Gasteiger partial charge in [0.2, 0.25) is 0 Å². The molecule has 0 amide bonds. The number of ether oxygens (including phenoxy) is 2. The molecule has 0 N–H and O–H groups in total. The van der Waals surface area contributed by atoms with Gasteiger partial charge in [0.25, 0.3) is 5.69 Å². The van der Waals surface area contributed by atoms with Gasteiger partial charge in [-0.15, -0.1) is 0 Å². The number of nitriles is 1. The van der Waals surface area contributed by atoms with E-state index in [0.29, 0.717) is 11.1 Å². The van der Waals surface area contributed by atoms with Crippen molar-refractivity contribution in [3.05, 3.63) is 51.6 Å². The molecule has 0 saturated carbocycles. The van der Waals surface area contributed by atoms with E-state index in [1.807, 2.05) is 6.07 Å². The zero-order chi connectivity index (χ0) is 19.3. The molecule has 0 bridgehead atoms. The van der Waals surface area contributed by atoms with Crippen molar-refractivity contribution >= 4 is 15.5 Å². The van der Waals surface area contributed by atoms with Crippen LogP contribution in [-0.4, -0.2) is 38.5 Å². The van der Waals surface area contributed by atoms with Crippen molar-refractivity contribution in [2.24, 2.45) is 0 Å². The summed E-state index contributed by atoms with van der Waals surface area (Å²) in [6, 6.07) is 8.69. The maximum atomic E-state index is 12.0. The third-order valence-corrected chi connectivity index (χ3v) is 4.36. The van der Waals surface area contributed by atoms with Crippen LogP contribution in [-0.2, 0) is 25.9 Å². The third kappa shape index (κ3) is 4.40. The van der Waals surface area contributed by atoms with Crippen LogP contribution in [0, 0.1) is 21.4 Å². The summed E-state index contributed by atoms with van der Waals surface area (Å²) in [5.74, 6) is 0. The first kappa shape index (κ1) is 19.5. The molecule has 0 saturated heterocycles. The topological polar surface area (TPSA) is 132 Å². The van der Waals surface area contributed by atoms with E-state index in [4.69, 9.17) is 9.47 Å². The molecule has 0 atom stereocenters. The van der Waals surface area contributed by atoms with Crippen LogP contribution in [0.3, 0.4) is 0 Å². The van der Waals surface area contributed by atoms with Crippen LogP contribution in [0.25, 0.3) is 11.3 Å². The van der Waals surface area contributed by atoms with Crippen LogP contribution in [0.1, 0.15) is 11.1 Å². The Morgan fingerprint density at radius 2 is 1.96 bits per heavy atom. The average Bonchev–Trinajstić information content (AvgIpc) is 2.60. The van der Waals surface area contributed by atoms with Crippen LogP contribution in [0.4, 0.5) is 5.69 Å². The number of sulfone groups is 1. The van der Waals surface area contributed by atoms with E-state index in [1.165, 1.54) is 37.4 Å². The van der Waals surface area contributed by atoms with Crippen LogP contribution in [0.5, 0.6) is 0 Å². The molecule has 1 aromatic heterocycles. The van der Waals surface area contributed by atoms with Crippen molar-refractivity contribution in [2.75, 3.05) is 20.2 Å². The zero-order valence-electron chi connectivity index (χ0n) is 14.0. The summed E-state index contributed by atoms with van der Waals surface area (Å²) in [5, 5.41) is 19.7. The lowest BCUT2D eigenvalue weighted by atomic mass is 10.0. The monoisotopic (exact) mass is 377 g/mol. The zero-order valence-corrected chi connectivity index (χ0v) is 14.8. The molecule has 1 aromatic carbocycles. The minimum Gasteiger partial charge on any atom is -0.359 e. The van der Waals surface area contributed by atoms with Gasteiger partial charge in [0.1, 0.15) is 12.9 Å². The fraction of sp³-hybridized carbons (Fsp3) is 0.250. The third-order valence-electron chi connectivity index (χ3n) is 3.35. The molecule has 0 radical (unpaired) electrons. The Bertz CT molecular complexity index is 965. The first-order valence-corrected chi connectivity index (χ1v) is 9.12. The number of nitro benzene ring substituents is 1. The molecule has 2 rings (SSSR count). The first-order valence-electron chi connectivity index (χ1n) is 7.23. The maximum Gasteiger partial charge on any atom is 0.269 e. The second kappa shape index (κ2) is 8.01. The summed E-state index contributed by atoms with van der Waals surface area (Å²) in [7, 11) is -2.30. The van der Waals surface area contributed by atoms with Crippen LogP contribution < -0.4 is 0 Å². The Labute approximate surface area is 149 Å². The molecular weight excluding hydrogens is 362 g/mol. The Morgan fingerprint density at radius 3 is 2.46 bits per heavy atom. The standard InChI is InChI=1S/C16H15N3O6S/c1-24-10-25-9-13-7-12(8-17)16(26(2,22)23)18-15(13)11-3-5-14(6-4-11)19(20)21/h3-7H,9-10H2,1-2H3. The van der Waals surface area contributed by atoms with Crippen LogP contribution in [0.2, 0.25) is 0 Å². The van der Waals surface area contributed by atoms with Crippen LogP contribution in [0.15, 0.2) is 35.4 Å². The van der Waals surface area contributed by atoms with Gasteiger partial charge in [0.05, 0.1) is 22.8 Å². The Morgan fingerprint density at radius 1 is 1.31 bits per heavy atom. The first-order chi connectivity index (χ1) is 12.3. The van der Waals surface area contributed by atoms with Crippen LogP contribution >= 0.6 is 0 Å². The molecule has 0 unspecified atom stereocenters. The molecular formula is C16H15N3O6S. The molecule has 0 aliphatic heterocycles. The largest absolute Gasteiger partial charge is 0.359 e. The van der Waals surface area contributed by atoms with Crippen molar-refractivity contribution in [1.82, 2.24) is 4.98 Å². The normalized spacial score (nSPS) is 11.1. The summed E-state index contributed by atoms with van der Waals surface area (Å²) in [6.45, 7) is 0.0152. The average molecular weight is 377 g/mol. The number of methoxy groups -OCH3 is 1. The highest BCUT2D eigenvalue weighted by atomic mass is 32.2. The SMILES string of the molecule is COCOCc1cc(C#N)c(S(C)(=O)=O)nc1-c1ccc([N+](=O)[O-])cc1. The molecule has 9 nitrogen and oxygen atoms in total. The molecule has 1 heterocycles. The molecule has 0 spiro atoms. The highest BCUT2D eigenvalue weighted by Gasteiger charge is 2.20. The second-order valence-electron chi connectivity index (χ2n) is 5.29. The lowest BCUT2D eigenvalue weighted by Crippen LogP contribution is -2.08. The van der Waals surface area contributed by atoms with E-state index >= 15 is 0 Å². The highest BCUT2D eigenvalue weighted by molar-refractivity contribution is 7.90. The lowest BCUT2D eigenvalue weighted by molar-refractivity contribution is -0.384. The summed E-state index contributed by atoms with van der Waals surface area (Å²) >= 11 is 0. The number of non-ortho nitro benzene ring substituents is 1. The Balaban J connectivity index is 2.63. The van der Waals surface area contributed by atoms with Crippen molar-refractivity contribution in [1.29, 1.82) is 5.26 Å². The van der Waals surface area contributed by atoms with E-state index in [0.717, 1.165) is 6.26 Å². The molecule has 0 aliphatic rings. The molecule has 136 valence electrons. The molecule has 0 fully saturated rings. The summed E-state index contributed by atoms with van der Waals surface area (Å²) in [6.07, 6.45) is 0.955.